The highest BCUT2D eigenvalue weighted by Crippen LogP contribution is 2.24. The predicted octanol–water partition coefficient (Wildman–Crippen LogP) is 2.60. The maximum Gasteiger partial charge on any atom is 0.270 e. The molecule has 5 rings (SSSR count). The van der Waals surface area contributed by atoms with Crippen LogP contribution in [0.1, 0.15) is 40.9 Å². The number of nitrogens with zero attached hydrogens (tertiary/aromatic N) is 5. The zero-order valence-corrected chi connectivity index (χ0v) is 18.2. The fourth-order valence-corrected chi connectivity index (χ4v) is 4.37. The Balaban J connectivity index is 1.43. The van der Waals surface area contributed by atoms with Gasteiger partial charge in [0, 0.05) is 38.1 Å². The maximum absolute atomic E-state index is 12.9. The second-order valence-corrected chi connectivity index (χ2v) is 8.51. The van der Waals surface area contributed by atoms with E-state index in [0.29, 0.717) is 12.1 Å². The molecule has 164 valence electrons. The van der Waals surface area contributed by atoms with Crippen molar-refractivity contribution in [3.8, 4) is 11.4 Å². The summed E-state index contributed by atoms with van der Waals surface area (Å²) in [5, 5.41) is 18.4. The topological polar surface area (TPSA) is 97.9 Å². The highest BCUT2D eigenvalue weighted by atomic mass is 16.3. The molecule has 2 atom stereocenters. The summed E-state index contributed by atoms with van der Waals surface area (Å²) in [7, 11) is 3.80. The summed E-state index contributed by atoms with van der Waals surface area (Å²) in [6, 6.07) is 9.61. The minimum absolute atomic E-state index is 0.208. The zero-order chi connectivity index (χ0) is 22.2. The van der Waals surface area contributed by atoms with Crippen molar-refractivity contribution in [2.45, 2.75) is 37.8 Å². The number of carbonyl (C=O) groups is 1. The standard InChI is InChI=1S/C24H26N6O2/c1-29-10-8-17-16(12-15-6-7-18(25-14-15)19-9-11-30(2)28-19)13-21(26-23(17)29)24(32)27-20-4-3-5-22(20)31/h6-11,13-14,20,22,31H,3-5,12H2,1-2H3,(H,27,32)/t20-,22-/m0/s1. The molecule has 0 aliphatic heterocycles. The molecular formula is C24H26N6O2. The third-order valence-electron chi connectivity index (χ3n) is 6.15. The van der Waals surface area contributed by atoms with Gasteiger partial charge in [-0.2, -0.15) is 5.10 Å². The van der Waals surface area contributed by atoms with E-state index < -0.39 is 6.10 Å². The van der Waals surface area contributed by atoms with Crippen molar-refractivity contribution < 1.29 is 9.90 Å². The van der Waals surface area contributed by atoms with E-state index in [9.17, 15) is 9.90 Å². The Morgan fingerprint density at radius 2 is 2.03 bits per heavy atom. The number of pyridine rings is 2. The Kier molecular flexibility index (Phi) is 5.22. The summed E-state index contributed by atoms with van der Waals surface area (Å²) in [5.74, 6) is -0.246. The predicted molar refractivity (Wildman–Crippen MR) is 121 cm³/mol. The van der Waals surface area contributed by atoms with E-state index >= 15 is 0 Å². The molecule has 0 radical (unpaired) electrons. The summed E-state index contributed by atoms with van der Waals surface area (Å²) in [6.45, 7) is 0. The van der Waals surface area contributed by atoms with Gasteiger partial charge in [0.05, 0.1) is 17.8 Å². The van der Waals surface area contributed by atoms with Crippen molar-refractivity contribution in [3.63, 3.8) is 0 Å². The zero-order valence-electron chi connectivity index (χ0n) is 18.2. The van der Waals surface area contributed by atoms with Gasteiger partial charge >= 0.3 is 0 Å². The lowest BCUT2D eigenvalue weighted by atomic mass is 10.0. The van der Waals surface area contributed by atoms with E-state index in [4.69, 9.17) is 0 Å². The van der Waals surface area contributed by atoms with Gasteiger partial charge in [-0.25, -0.2) is 4.98 Å². The van der Waals surface area contributed by atoms with Gasteiger partial charge in [-0.1, -0.05) is 6.07 Å². The molecule has 4 aromatic heterocycles. The molecule has 1 saturated carbocycles. The highest BCUT2D eigenvalue weighted by molar-refractivity contribution is 5.95. The minimum atomic E-state index is -0.485. The van der Waals surface area contributed by atoms with Crippen molar-refractivity contribution in [2.75, 3.05) is 0 Å². The number of aryl methyl sites for hydroxylation is 2. The first-order valence-corrected chi connectivity index (χ1v) is 10.9. The molecule has 4 heterocycles. The Morgan fingerprint density at radius 3 is 2.72 bits per heavy atom. The molecule has 8 heteroatoms. The molecule has 0 spiro atoms. The number of hydrogen-bond acceptors (Lipinski definition) is 5. The van der Waals surface area contributed by atoms with Crippen molar-refractivity contribution in [1.29, 1.82) is 0 Å². The van der Waals surface area contributed by atoms with Gasteiger partial charge in [0.2, 0.25) is 0 Å². The smallest absolute Gasteiger partial charge is 0.270 e. The highest BCUT2D eigenvalue weighted by Gasteiger charge is 2.27. The van der Waals surface area contributed by atoms with Crippen molar-refractivity contribution in [1.82, 2.24) is 29.6 Å². The van der Waals surface area contributed by atoms with Crippen LogP contribution in [0.15, 0.2) is 48.9 Å². The number of rotatable bonds is 5. The Bertz CT molecular complexity index is 1270. The second-order valence-electron chi connectivity index (χ2n) is 8.51. The van der Waals surface area contributed by atoms with E-state index in [2.05, 4.69) is 20.4 Å². The number of amides is 1. The van der Waals surface area contributed by atoms with Crippen LogP contribution in [0.3, 0.4) is 0 Å². The third kappa shape index (κ3) is 3.89. The molecule has 1 aliphatic rings. The first-order chi connectivity index (χ1) is 15.5. The van der Waals surface area contributed by atoms with E-state index in [0.717, 1.165) is 52.8 Å². The maximum atomic E-state index is 12.9. The van der Waals surface area contributed by atoms with Crippen LogP contribution >= 0.6 is 0 Å². The Labute approximate surface area is 185 Å². The largest absolute Gasteiger partial charge is 0.391 e. The van der Waals surface area contributed by atoms with Gasteiger partial charge in [-0.3, -0.25) is 14.5 Å². The summed E-state index contributed by atoms with van der Waals surface area (Å²) >= 11 is 0. The molecule has 4 aromatic rings. The molecular weight excluding hydrogens is 404 g/mol. The fourth-order valence-electron chi connectivity index (χ4n) is 4.37. The van der Waals surface area contributed by atoms with Crippen LogP contribution in [0.4, 0.5) is 0 Å². The van der Waals surface area contributed by atoms with Crippen LogP contribution in [0, 0.1) is 0 Å². The molecule has 0 aromatic carbocycles. The van der Waals surface area contributed by atoms with Crippen LogP contribution in [-0.2, 0) is 20.5 Å². The number of aliphatic hydroxyl groups excluding tert-OH is 1. The quantitative estimate of drug-likeness (QED) is 0.507. The fraction of sp³-hybridized carbons (Fsp3) is 0.333. The van der Waals surface area contributed by atoms with E-state index in [1.165, 1.54) is 0 Å². The third-order valence-corrected chi connectivity index (χ3v) is 6.15. The number of aliphatic hydroxyl groups is 1. The van der Waals surface area contributed by atoms with Gasteiger partial charge in [0.1, 0.15) is 17.0 Å². The first kappa shape index (κ1) is 20.4. The van der Waals surface area contributed by atoms with Gasteiger partial charge in [0.25, 0.3) is 5.91 Å². The van der Waals surface area contributed by atoms with Gasteiger partial charge in [-0.15, -0.1) is 0 Å². The monoisotopic (exact) mass is 430 g/mol. The molecule has 32 heavy (non-hydrogen) atoms. The van der Waals surface area contributed by atoms with Crippen LogP contribution in [0.5, 0.6) is 0 Å². The first-order valence-electron chi connectivity index (χ1n) is 10.9. The summed E-state index contributed by atoms with van der Waals surface area (Å²) in [4.78, 5) is 22.1. The lowest BCUT2D eigenvalue weighted by Gasteiger charge is -2.16. The molecule has 1 aliphatic carbocycles. The molecule has 1 amide bonds. The Hall–Kier alpha value is -3.52. The molecule has 1 fully saturated rings. The van der Waals surface area contributed by atoms with Crippen LogP contribution in [-0.4, -0.2) is 47.5 Å². The second kappa shape index (κ2) is 8.20. The van der Waals surface area contributed by atoms with E-state index in [1.807, 2.05) is 67.6 Å². The number of nitrogens with one attached hydrogen (secondary N) is 1. The summed E-state index contributed by atoms with van der Waals surface area (Å²) < 4.78 is 3.67. The normalized spacial score (nSPS) is 18.3. The number of hydrogen-bond donors (Lipinski definition) is 2. The average molecular weight is 431 g/mol. The van der Waals surface area contributed by atoms with E-state index in [1.54, 1.807) is 4.68 Å². The van der Waals surface area contributed by atoms with Crippen molar-refractivity contribution in [2.24, 2.45) is 14.1 Å². The number of carbonyl (C=O) groups excluding carboxylic acids is 1. The van der Waals surface area contributed by atoms with Crippen molar-refractivity contribution in [3.05, 3.63) is 65.7 Å². The van der Waals surface area contributed by atoms with Crippen LogP contribution in [0.25, 0.3) is 22.4 Å². The van der Waals surface area contributed by atoms with Gasteiger partial charge in [0.15, 0.2) is 0 Å². The van der Waals surface area contributed by atoms with Crippen LogP contribution < -0.4 is 5.32 Å². The van der Waals surface area contributed by atoms with Crippen molar-refractivity contribution >= 4 is 16.9 Å². The summed E-state index contributed by atoms with van der Waals surface area (Å²) in [6.07, 6.45) is 8.28. The minimum Gasteiger partial charge on any atom is -0.391 e. The van der Waals surface area contributed by atoms with Crippen LogP contribution in [0.2, 0.25) is 0 Å². The lowest BCUT2D eigenvalue weighted by molar-refractivity contribution is 0.0868. The molecule has 8 nitrogen and oxygen atoms in total. The summed E-state index contributed by atoms with van der Waals surface area (Å²) in [5.41, 5.74) is 4.84. The molecule has 2 N–H and O–H groups in total. The molecule has 0 saturated heterocycles. The number of aromatic nitrogens is 5. The molecule has 0 bridgehead atoms. The van der Waals surface area contributed by atoms with E-state index in [-0.39, 0.29) is 11.9 Å². The van der Waals surface area contributed by atoms with Gasteiger partial charge in [-0.05, 0) is 61.1 Å². The molecule has 0 unspecified atom stereocenters. The number of fused-ring (bicyclic) bond motifs is 1. The lowest BCUT2D eigenvalue weighted by Crippen LogP contribution is -2.40. The SMILES string of the molecule is Cn1ccc(-c2ccc(Cc3cc(C(=O)N[C@H]4CCC[C@@H]4O)nc4c3ccn4C)cn2)n1. The average Bonchev–Trinajstić information content (AvgIpc) is 3.50. The van der Waals surface area contributed by atoms with Gasteiger partial charge < -0.3 is 15.0 Å². The Morgan fingerprint density at radius 1 is 1.16 bits per heavy atom.